The lowest BCUT2D eigenvalue weighted by molar-refractivity contribution is 0.405. The van der Waals surface area contributed by atoms with E-state index in [1.54, 1.807) is 12.1 Å². The molecule has 1 saturated heterocycles. The Morgan fingerprint density at radius 3 is 3.00 bits per heavy atom. The second-order valence-electron chi connectivity index (χ2n) is 2.90. The van der Waals surface area contributed by atoms with Crippen LogP contribution >= 0.6 is 15.9 Å². The molecule has 64 valence electrons. The van der Waals surface area contributed by atoms with Crippen LogP contribution in [0.15, 0.2) is 22.7 Å². The average Bonchev–Trinajstić information content (AvgIpc) is 2.81. The van der Waals surface area contributed by atoms with Gasteiger partial charge in [0, 0.05) is 10.9 Å². The van der Waals surface area contributed by atoms with Crippen LogP contribution in [0.25, 0.3) is 0 Å². The standard InChI is InChI=1S/C9H8BrFO/c10-7-1-2-9(11)6(3-7)4-8-5-12-8/h1-3,8H,4-5H2. The molecule has 2 rings (SSSR count). The zero-order chi connectivity index (χ0) is 8.55. The predicted octanol–water partition coefficient (Wildman–Crippen LogP) is 2.53. The summed E-state index contributed by atoms with van der Waals surface area (Å²) in [5, 5.41) is 0. The smallest absolute Gasteiger partial charge is 0.126 e. The first-order valence-corrected chi connectivity index (χ1v) is 4.60. The zero-order valence-corrected chi connectivity index (χ0v) is 7.97. The predicted molar refractivity (Wildman–Crippen MR) is 47.5 cm³/mol. The molecule has 0 radical (unpaired) electrons. The van der Waals surface area contributed by atoms with E-state index in [4.69, 9.17) is 4.74 Å². The Morgan fingerprint density at radius 2 is 2.33 bits per heavy atom. The van der Waals surface area contributed by atoms with Crippen molar-refractivity contribution in [2.75, 3.05) is 6.61 Å². The highest BCUT2D eigenvalue weighted by molar-refractivity contribution is 9.10. The fourth-order valence-electron chi connectivity index (χ4n) is 1.13. The molecule has 1 fully saturated rings. The Hall–Kier alpha value is -0.410. The van der Waals surface area contributed by atoms with E-state index in [1.807, 2.05) is 0 Å². The number of epoxide rings is 1. The van der Waals surface area contributed by atoms with E-state index >= 15 is 0 Å². The number of halogens is 2. The number of hydrogen-bond acceptors (Lipinski definition) is 1. The first-order valence-electron chi connectivity index (χ1n) is 3.81. The third-order valence-corrected chi connectivity index (χ3v) is 2.35. The summed E-state index contributed by atoms with van der Waals surface area (Å²) in [7, 11) is 0. The van der Waals surface area contributed by atoms with E-state index in [-0.39, 0.29) is 11.9 Å². The molecule has 0 spiro atoms. The van der Waals surface area contributed by atoms with Crippen LogP contribution in [0, 0.1) is 5.82 Å². The van der Waals surface area contributed by atoms with Crippen LogP contribution in [0.3, 0.4) is 0 Å². The number of rotatable bonds is 2. The molecule has 1 aliphatic heterocycles. The summed E-state index contributed by atoms with van der Waals surface area (Å²) in [6.45, 7) is 0.770. The lowest BCUT2D eigenvalue weighted by Gasteiger charge is -2.00. The average molecular weight is 231 g/mol. The molecule has 1 aromatic rings. The van der Waals surface area contributed by atoms with Gasteiger partial charge in [0.1, 0.15) is 5.82 Å². The highest BCUT2D eigenvalue weighted by Crippen LogP contribution is 2.21. The number of benzene rings is 1. The van der Waals surface area contributed by atoms with Gasteiger partial charge in [-0.15, -0.1) is 0 Å². The molecule has 0 aliphatic carbocycles. The lowest BCUT2D eigenvalue weighted by atomic mass is 10.1. The van der Waals surface area contributed by atoms with Gasteiger partial charge in [-0.3, -0.25) is 0 Å². The van der Waals surface area contributed by atoms with E-state index in [0.29, 0.717) is 6.42 Å². The molecule has 0 aromatic heterocycles. The van der Waals surface area contributed by atoms with Crippen molar-refractivity contribution in [3.05, 3.63) is 34.1 Å². The molecule has 3 heteroatoms. The zero-order valence-electron chi connectivity index (χ0n) is 6.39. The van der Waals surface area contributed by atoms with E-state index in [9.17, 15) is 4.39 Å². The topological polar surface area (TPSA) is 12.5 Å². The number of ether oxygens (including phenoxy) is 1. The van der Waals surface area contributed by atoms with Crippen molar-refractivity contribution >= 4 is 15.9 Å². The Labute approximate surface area is 78.7 Å². The van der Waals surface area contributed by atoms with E-state index < -0.39 is 0 Å². The molecule has 12 heavy (non-hydrogen) atoms. The summed E-state index contributed by atoms with van der Waals surface area (Å²) in [5.41, 5.74) is 0.729. The second kappa shape index (κ2) is 3.15. The quantitative estimate of drug-likeness (QED) is 0.712. The van der Waals surface area contributed by atoms with Crippen molar-refractivity contribution in [1.82, 2.24) is 0 Å². The summed E-state index contributed by atoms with van der Waals surface area (Å²) in [6, 6.07) is 4.98. The van der Waals surface area contributed by atoms with Crippen LogP contribution in [0.4, 0.5) is 4.39 Å². The van der Waals surface area contributed by atoms with Gasteiger partial charge in [-0.2, -0.15) is 0 Å². The minimum atomic E-state index is -0.145. The van der Waals surface area contributed by atoms with Crippen molar-refractivity contribution in [3.8, 4) is 0 Å². The van der Waals surface area contributed by atoms with Gasteiger partial charge in [0.25, 0.3) is 0 Å². The van der Waals surface area contributed by atoms with Crippen molar-refractivity contribution in [1.29, 1.82) is 0 Å². The van der Waals surface area contributed by atoms with Gasteiger partial charge in [-0.05, 0) is 23.8 Å². The normalized spacial score (nSPS) is 21.0. The molecule has 0 saturated carbocycles. The third-order valence-electron chi connectivity index (χ3n) is 1.86. The molecule has 1 heterocycles. The van der Waals surface area contributed by atoms with Crippen LogP contribution in [0.1, 0.15) is 5.56 Å². The molecule has 1 atom stereocenters. The largest absolute Gasteiger partial charge is 0.373 e. The van der Waals surface area contributed by atoms with E-state index in [0.717, 1.165) is 16.6 Å². The van der Waals surface area contributed by atoms with Gasteiger partial charge in [0.15, 0.2) is 0 Å². The van der Waals surface area contributed by atoms with Crippen molar-refractivity contribution in [2.45, 2.75) is 12.5 Å². The Morgan fingerprint density at radius 1 is 1.58 bits per heavy atom. The fourth-order valence-corrected chi connectivity index (χ4v) is 1.54. The van der Waals surface area contributed by atoms with Gasteiger partial charge in [-0.1, -0.05) is 15.9 Å². The summed E-state index contributed by atoms with van der Waals surface area (Å²) in [4.78, 5) is 0. The van der Waals surface area contributed by atoms with Crippen LogP contribution in [0.5, 0.6) is 0 Å². The van der Waals surface area contributed by atoms with Crippen LogP contribution in [0.2, 0.25) is 0 Å². The Bertz CT molecular complexity index is 297. The summed E-state index contributed by atoms with van der Waals surface area (Å²) < 4.78 is 19.0. The van der Waals surface area contributed by atoms with Crippen LogP contribution in [-0.2, 0) is 11.2 Å². The molecule has 0 N–H and O–H groups in total. The minimum Gasteiger partial charge on any atom is -0.373 e. The summed E-state index contributed by atoms with van der Waals surface area (Å²) >= 11 is 3.30. The highest BCUT2D eigenvalue weighted by atomic mass is 79.9. The molecule has 1 nitrogen and oxygen atoms in total. The lowest BCUT2D eigenvalue weighted by Crippen LogP contribution is -1.96. The van der Waals surface area contributed by atoms with Crippen LogP contribution < -0.4 is 0 Å². The van der Waals surface area contributed by atoms with E-state index in [1.165, 1.54) is 6.07 Å². The first kappa shape index (κ1) is 8.20. The van der Waals surface area contributed by atoms with Crippen molar-refractivity contribution in [3.63, 3.8) is 0 Å². The van der Waals surface area contributed by atoms with Crippen LogP contribution in [-0.4, -0.2) is 12.7 Å². The maximum atomic E-state index is 13.1. The molecule has 1 aliphatic rings. The maximum absolute atomic E-state index is 13.1. The van der Waals surface area contributed by atoms with Gasteiger partial charge >= 0.3 is 0 Å². The van der Waals surface area contributed by atoms with Gasteiger partial charge in [0.05, 0.1) is 12.7 Å². The van der Waals surface area contributed by atoms with Crippen molar-refractivity contribution in [2.24, 2.45) is 0 Å². The number of hydrogen-bond donors (Lipinski definition) is 0. The monoisotopic (exact) mass is 230 g/mol. The molecule has 1 unspecified atom stereocenters. The van der Waals surface area contributed by atoms with E-state index in [2.05, 4.69) is 15.9 Å². The molecular weight excluding hydrogens is 223 g/mol. The molecule has 0 bridgehead atoms. The van der Waals surface area contributed by atoms with Gasteiger partial charge in [0.2, 0.25) is 0 Å². The SMILES string of the molecule is Fc1ccc(Br)cc1CC1CO1. The summed E-state index contributed by atoms with van der Waals surface area (Å²) in [6.07, 6.45) is 0.930. The van der Waals surface area contributed by atoms with Crippen molar-refractivity contribution < 1.29 is 9.13 Å². The summed E-state index contributed by atoms with van der Waals surface area (Å²) in [5.74, 6) is -0.145. The molecular formula is C9H8BrFO. The minimum absolute atomic E-state index is 0.145. The first-order chi connectivity index (χ1) is 5.75. The second-order valence-corrected chi connectivity index (χ2v) is 3.81. The Kier molecular flexibility index (Phi) is 2.15. The maximum Gasteiger partial charge on any atom is 0.126 e. The third kappa shape index (κ3) is 1.84. The highest BCUT2D eigenvalue weighted by Gasteiger charge is 2.23. The molecule has 0 amide bonds. The van der Waals surface area contributed by atoms with Gasteiger partial charge in [-0.25, -0.2) is 4.39 Å². The molecule has 1 aromatic carbocycles. The van der Waals surface area contributed by atoms with Gasteiger partial charge < -0.3 is 4.74 Å². The fraction of sp³-hybridized carbons (Fsp3) is 0.333. The Balaban J connectivity index is 2.21.